The van der Waals surface area contributed by atoms with Gasteiger partial charge in [-0.2, -0.15) is 0 Å². The number of hydrogen-bond donors (Lipinski definition) is 1. The Balaban J connectivity index is 1.91. The Morgan fingerprint density at radius 1 is 1.16 bits per heavy atom. The number of benzene rings is 1. The number of aromatic nitrogens is 1. The van der Waals surface area contributed by atoms with E-state index in [-0.39, 0.29) is 0 Å². The second-order valence-corrected chi connectivity index (χ2v) is 5.86. The third-order valence-corrected chi connectivity index (χ3v) is 4.39. The Bertz CT molecular complexity index is 592. The van der Waals surface area contributed by atoms with E-state index in [1.54, 1.807) is 6.07 Å². The van der Waals surface area contributed by atoms with Crippen LogP contribution in [0.25, 0.3) is 10.9 Å². The monoisotopic (exact) mass is 294 g/mol. The van der Waals surface area contributed by atoms with Crippen molar-refractivity contribution in [1.29, 1.82) is 0 Å². The number of nitrogens with zero attached hydrogens (tertiary/aromatic N) is 1. The Kier molecular flexibility index (Phi) is 3.92. The lowest BCUT2D eigenvalue weighted by atomic mass is 9.97. The highest BCUT2D eigenvalue weighted by molar-refractivity contribution is 6.36. The van der Waals surface area contributed by atoms with Crippen LogP contribution in [0.4, 0.5) is 0 Å². The van der Waals surface area contributed by atoms with Crippen molar-refractivity contribution in [3.8, 4) is 0 Å². The number of hydrogen-bond acceptors (Lipinski definition) is 2. The van der Waals surface area contributed by atoms with Gasteiger partial charge in [-0.3, -0.25) is 0 Å². The lowest BCUT2D eigenvalue weighted by Gasteiger charge is -2.24. The lowest BCUT2D eigenvalue weighted by molar-refractivity contribution is 0.399. The molecule has 0 spiro atoms. The number of halogens is 2. The van der Waals surface area contributed by atoms with Crippen LogP contribution in [0, 0.1) is 0 Å². The third-order valence-electron chi connectivity index (χ3n) is 3.73. The van der Waals surface area contributed by atoms with Gasteiger partial charge in [0.15, 0.2) is 0 Å². The first-order chi connectivity index (χ1) is 9.24. The molecule has 3 rings (SSSR count). The molecule has 1 aliphatic heterocycles. The second kappa shape index (κ2) is 5.66. The maximum Gasteiger partial charge on any atom is 0.129 e. The average molecular weight is 295 g/mol. The zero-order chi connectivity index (χ0) is 13.2. The van der Waals surface area contributed by atoms with Crippen molar-refractivity contribution in [1.82, 2.24) is 10.3 Å². The summed E-state index contributed by atoms with van der Waals surface area (Å²) in [7, 11) is 0. The molecule has 2 heterocycles. The van der Waals surface area contributed by atoms with E-state index in [9.17, 15) is 0 Å². The fourth-order valence-corrected chi connectivity index (χ4v) is 3.16. The van der Waals surface area contributed by atoms with E-state index in [0.717, 1.165) is 28.9 Å². The molecule has 100 valence electrons. The zero-order valence-corrected chi connectivity index (χ0v) is 12.1. The minimum absolute atomic E-state index is 0.505. The number of piperidine rings is 1. The van der Waals surface area contributed by atoms with Gasteiger partial charge in [-0.05, 0) is 49.6 Å². The first kappa shape index (κ1) is 13.2. The van der Waals surface area contributed by atoms with Gasteiger partial charge in [-0.1, -0.05) is 35.7 Å². The van der Waals surface area contributed by atoms with Gasteiger partial charge < -0.3 is 5.32 Å². The predicted molar refractivity (Wildman–Crippen MR) is 81.1 cm³/mol. The van der Waals surface area contributed by atoms with Gasteiger partial charge in [0, 0.05) is 11.4 Å². The average Bonchev–Trinajstić information content (AvgIpc) is 2.43. The van der Waals surface area contributed by atoms with Gasteiger partial charge in [-0.25, -0.2) is 4.98 Å². The summed E-state index contributed by atoms with van der Waals surface area (Å²) in [5, 5.41) is 5.86. The molecule has 0 saturated carbocycles. The van der Waals surface area contributed by atoms with Gasteiger partial charge >= 0.3 is 0 Å². The number of fused-ring (bicyclic) bond motifs is 1. The molecule has 1 atom stereocenters. The first-order valence-electron chi connectivity index (χ1n) is 6.71. The minimum atomic E-state index is 0.505. The SMILES string of the molecule is Clc1ccc2c(Cl)c(CC3CCCCN3)ccc2n1. The molecule has 1 N–H and O–H groups in total. The van der Waals surface area contributed by atoms with E-state index < -0.39 is 0 Å². The summed E-state index contributed by atoms with van der Waals surface area (Å²) in [4.78, 5) is 4.29. The Labute approximate surface area is 123 Å². The topological polar surface area (TPSA) is 24.9 Å². The molecule has 2 aromatic rings. The number of pyridine rings is 1. The second-order valence-electron chi connectivity index (χ2n) is 5.09. The highest BCUT2D eigenvalue weighted by Gasteiger charge is 2.15. The highest BCUT2D eigenvalue weighted by Crippen LogP contribution is 2.29. The minimum Gasteiger partial charge on any atom is -0.314 e. The molecule has 0 aliphatic carbocycles. The molecule has 1 fully saturated rings. The van der Waals surface area contributed by atoms with Crippen molar-refractivity contribution >= 4 is 34.1 Å². The molecule has 4 heteroatoms. The molecule has 2 nitrogen and oxygen atoms in total. The summed E-state index contributed by atoms with van der Waals surface area (Å²) in [5.74, 6) is 0. The van der Waals surface area contributed by atoms with Gasteiger partial charge in [0.25, 0.3) is 0 Å². The molecule has 1 unspecified atom stereocenters. The van der Waals surface area contributed by atoms with Crippen LogP contribution < -0.4 is 5.32 Å². The third kappa shape index (κ3) is 2.86. The van der Waals surface area contributed by atoms with E-state index in [0.29, 0.717) is 11.2 Å². The first-order valence-corrected chi connectivity index (χ1v) is 7.46. The molecular formula is C15H16Cl2N2. The normalized spacial score (nSPS) is 19.8. The van der Waals surface area contributed by atoms with E-state index in [2.05, 4.69) is 16.4 Å². The van der Waals surface area contributed by atoms with Crippen molar-refractivity contribution in [2.24, 2.45) is 0 Å². The maximum absolute atomic E-state index is 6.50. The molecule has 1 saturated heterocycles. The van der Waals surface area contributed by atoms with E-state index in [1.807, 2.05) is 12.1 Å². The van der Waals surface area contributed by atoms with Crippen LogP contribution >= 0.6 is 23.2 Å². The standard InChI is InChI=1S/C15H16Cl2N2/c16-14-7-5-12-13(19-14)6-4-10(15(12)17)9-11-3-1-2-8-18-11/h4-7,11,18H,1-3,8-9H2. The molecule has 0 amide bonds. The largest absolute Gasteiger partial charge is 0.314 e. The van der Waals surface area contributed by atoms with Gasteiger partial charge in [0.1, 0.15) is 5.15 Å². The quantitative estimate of drug-likeness (QED) is 0.839. The fourth-order valence-electron chi connectivity index (χ4n) is 2.71. The number of rotatable bonds is 2. The van der Waals surface area contributed by atoms with Crippen LogP contribution in [0.5, 0.6) is 0 Å². The van der Waals surface area contributed by atoms with E-state index in [4.69, 9.17) is 23.2 Å². The van der Waals surface area contributed by atoms with E-state index in [1.165, 1.54) is 24.8 Å². The summed E-state index contributed by atoms with van der Waals surface area (Å²) >= 11 is 12.4. The molecule has 1 aromatic heterocycles. The summed E-state index contributed by atoms with van der Waals surface area (Å²) in [6.07, 6.45) is 4.80. The highest BCUT2D eigenvalue weighted by atomic mass is 35.5. The fraction of sp³-hybridized carbons (Fsp3) is 0.400. The maximum atomic E-state index is 6.50. The van der Waals surface area contributed by atoms with Crippen LogP contribution in [0.2, 0.25) is 10.2 Å². The van der Waals surface area contributed by atoms with Crippen LogP contribution in [0.15, 0.2) is 24.3 Å². The van der Waals surface area contributed by atoms with Gasteiger partial charge in [-0.15, -0.1) is 0 Å². The Hall–Kier alpha value is -0.830. The van der Waals surface area contributed by atoms with Crippen molar-refractivity contribution in [2.45, 2.75) is 31.7 Å². The smallest absolute Gasteiger partial charge is 0.129 e. The Morgan fingerprint density at radius 3 is 2.84 bits per heavy atom. The zero-order valence-electron chi connectivity index (χ0n) is 10.6. The lowest BCUT2D eigenvalue weighted by Crippen LogP contribution is -2.35. The van der Waals surface area contributed by atoms with Crippen molar-refractivity contribution in [3.63, 3.8) is 0 Å². The van der Waals surface area contributed by atoms with Crippen molar-refractivity contribution in [2.75, 3.05) is 6.54 Å². The van der Waals surface area contributed by atoms with Crippen LogP contribution in [0.3, 0.4) is 0 Å². The summed E-state index contributed by atoms with van der Waals surface area (Å²) in [5.41, 5.74) is 2.05. The molecule has 0 radical (unpaired) electrons. The van der Waals surface area contributed by atoms with Crippen molar-refractivity contribution in [3.05, 3.63) is 40.0 Å². The molecule has 1 aromatic carbocycles. The molecular weight excluding hydrogens is 279 g/mol. The van der Waals surface area contributed by atoms with Gasteiger partial charge in [0.2, 0.25) is 0 Å². The van der Waals surface area contributed by atoms with Crippen LogP contribution in [-0.4, -0.2) is 17.6 Å². The van der Waals surface area contributed by atoms with Crippen LogP contribution in [0.1, 0.15) is 24.8 Å². The molecule has 19 heavy (non-hydrogen) atoms. The Morgan fingerprint density at radius 2 is 2.05 bits per heavy atom. The summed E-state index contributed by atoms with van der Waals surface area (Å²) in [6.45, 7) is 1.12. The van der Waals surface area contributed by atoms with E-state index >= 15 is 0 Å². The molecule has 1 aliphatic rings. The molecule has 0 bridgehead atoms. The predicted octanol–water partition coefficient (Wildman–Crippen LogP) is 4.23. The van der Waals surface area contributed by atoms with Gasteiger partial charge in [0.05, 0.1) is 10.5 Å². The summed E-state index contributed by atoms with van der Waals surface area (Å²) in [6, 6.07) is 8.36. The number of nitrogens with one attached hydrogen (secondary N) is 1. The summed E-state index contributed by atoms with van der Waals surface area (Å²) < 4.78 is 0. The van der Waals surface area contributed by atoms with Crippen LogP contribution in [-0.2, 0) is 6.42 Å². The van der Waals surface area contributed by atoms with Crippen molar-refractivity contribution < 1.29 is 0 Å².